The van der Waals surface area contributed by atoms with Crippen LogP contribution in [0.25, 0.3) is 0 Å². The third kappa shape index (κ3) is 3.94. The molecule has 0 saturated carbocycles. The quantitative estimate of drug-likeness (QED) is 0.478. The van der Waals surface area contributed by atoms with Crippen molar-refractivity contribution in [2.24, 2.45) is 0 Å². The van der Waals surface area contributed by atoms with E-state index in [-0.39, 0.29) is 21.8 Å². The van der Waals surface area contributed by atoms with Crippen LogP contribution in [-0.4, -0.2) is 39.1 Å². The first-order chi connectivity index (χ1) is 11.1. The molecule has 2 rings (SSSR count). The highest BCUT2D eigenvalue weighted by Gasteiger charge is 2.22. The molecule has 5 nitrogen and oxygen atoms in total. The van der Waals surface area contributed by atoms with Crippen molar-refractivity contribution in [1.82, 2.24) is 0 Å². The highest BCUT2D eigenvalue weighted by Crippen LogP contribution is 2.25. The highest BCUT2D eigenvalue weighted by atomic mass is 32.1. The second kappa shape index (κ2) is 7.85. The summed E-state index contributed by atoms with van der Waals surface area (Å²) in [6.07, 6.45) is 0. The lowest BCUT2D eigenvalue weighted by Crippen LogP contribution is -2.14. The number of benzene rings is 1. The minimum absolute atomic E-state index is 0.227. The van der Waals surface area contributed by atoms with E-state index in [1.54, 1.807) is 18.6 Å². The molecule has 0 saturated heterocycles. The fourth-order valence-electron chi connectivity index (χ4n) is 2.03. The molecule has 0 bridgehead atoms. The van der Waals surface area contributed by atoms with Crippen LogP contribution in [0, 0.1) is 5.82 Å². The Morgan fingerprint density at radius 3 is 2.70 bits per heavy atom. The van der Waals surface area contributed by atoms with Gasteiger partial charge < -0.3 is 14.8 Å². The average molecular weight is 337 g/mol. The Morgan fingerprint density at radius 1 is 1.22 bits per heavy atom. The number of carbonyl (C=O) groups excluding carboxylic acids is 2. The molecule has 0 aliphatic heterocycles. The van der Waals surface area contributed by atoms with Gasteiger partial charge in [-0.3, -0.25) is 4.79 Å². The largest absolute Gasteiger partial charge is 0.465 e. The number of hydrogen-bond donors (Lipinski definition) is 1. The van der Waals surface area contributed by atoms with Crippen LogP contribution in [0.15, 0.2) is 29.6 Å². The maximum Gasteiger partial charge on any atom is 0.348 e. The number of rotatable bonds is 7. The van der Waals surface area contributed by atoms with Crippen molar-refractivity contribution in [3.63, 3.8) is 0 Å². The van der Waals surface area contributed by atoms with Crippen molar-refractivity contribution in [1.29, 1.82) is 0 Å². The molecule has 0 fully saturated rings. The Kier molecular flexibility index (Phi) is 5.84. The normalized spacial score (nSPS) is 10.4. The van der Waals surface area contributed by atoms with Crippen LogP contribution >= 0.6 is 11.3 Å². The Morgan fingerprint density at radius 2 is 2.00 bits per heavy atom. The van der Waals surface area contributed by atoms with Crippen molar-refractivity contribution in [2.75, 3.05) is 32.7 Å². The number of ether oxygens (including phenoxy) is 2. The van der Waals surface area contributed by atoms with Gasteiger partial charge in [0.05, 0.1) is 13.7 Å². The molecule has 2 aromatic rings. The third-order valence-electron chi connectivity index (χ3n) is 3.13. The first-order valence-electron chi connectivity index (χ1n) is 6.81. The van der Waals surface area contributed by atoms with E-state index >= 15 is 0 Å². The maximum absolute atomic E-state index is 13.5. The zero-order chi connectivity index (χ0) is 16.8. The van der Waals surface area contributed by atoms with Crippen LogP contribution < -0.4 is 5.32 Å². The van der Waals surface area contributed by atoms with E-state index in [9.17, 15) is 14.0 Å². The van der Waals surface area contributed by atoms with E-state index in [0.717, 1.165) is 11.3 Å². The van der Waals surface area contributed by atoms with Gasteiger partial charge in [0.15, 0.2) is 5.78 Å². The predicted molar refractivity (Wildman–Crippen MR) is 85.9 cm³/mol. The second-order valence-corrected chi connectivity index (χ2v) is 5.51. The molecule has 0 aliphatic carbocycles. The van der Waals surface area contributed by atoms with Crippen molar-refractivity contribution in [2.45, 2.75) is 0 Å². The minimum atomic E-state index is -0.570. The molecular formula is C16H16FNO4S. The second-order valence-electron chi connectivity index (χ2n) is 4.59. The van der Waals surface area contributed by atoms with Crippen LogP contribution in [0.2, 0.25) is 0 Å². The van der Waals surface area contributed by atoms with E-state index in [2.05, 4.69) is 10.1 Å². The van der Waals surface area contributed by atoms with Gasteiger partial charge in [-0.1, -0.05) is 0 Å². The SMILES string of the molecule is COCCNc1cc(F)ccc1C(=O)c1ccsc1C(=O)OC. The number of anilines is 1. The highest BCUT2D eigenvalue weighted by molar-refractivity contribution is 7.12. The van der Waals surface area contributed by atoms with Gasteiger partial charge in [0.1, 0.15) is 10.7 Å². The number of halogens is 1. The standard InChI is InChI=1S/C16H16FNO4S/c1-21-7-6-18-13-9-10(17)3-4-11(13)14(19)12-5-8-23-15(12)16(20)22-2/h3-5,8-9,18H,6-7H2,1-2H3. The summed E-state index contributed by atoms with van der Waals surface area (Å²) in [5, 5.41) is 4.60. The topological polar surface area (TPSA) is 64.6 Å². The van der Waals surface area contributed by atoms with E-state index in [4.69, 9.17) is 4.74 Å². The molecule has 23 heavy (non-hydrogen) atoms. The summed E-state index contributed by atoms with van der Waals surface area (Å²) in [4.78, 5) is 24.7. The summed E-state index contributed by atoms with van der Waals surface area (Å²) in [5.74, 6) is -1.40. The summed E-state index contributed by atoms with van der Waals surface area (Å²) in [6.45, 7) is 0.837. The predicted octanol–water partition coefficient (Wildman–Crippen LogP) is 2.96. The molecule has 1 N–H and O–H groups in total. The zero-order valence-electron chi connectivity index (χ0n) is 12.7. The summed E-state index contributed by atoms with van der Waals surface area (Å²) < 4.78 is 23.1. The number of hydrogen-bond acceptors (Lipinski definition) is 6. The molecule has 0 radical (unpaired) electrons. The summed E-state index contributed by atoms with van der Waals surface area (Å²) in [7, 11) is 2.80. The van der Waals surface area contributed by atoms with Crippen molar-refractivity contribution >= 4 is 28.8 Å². The van der Waals surface area contributed by atoms with Gasteiger partial charge >= 0.3 is 5.97 Å². The Bertz CT molecular complexity index is 714. The molecule has 0 atom stereocenters. The number of thiophene rings is 1. The smallest absolute Gasteiger partial charge is 0.348 e. The fraction of sp³-hybridized carbons (Fsp3) is 0.250. The Hall–Kier alpha value is -2.25. The molecule has 122 valence electrons. The molecule has 0 unspecified atom stereocenters. The molecular weight excluding hydrogens is 321 g/mol. The van der Waals surface area contributed by atoms with E-state index < -0.39 is 11.8 Å². The molecule has 0 amide bonds. The lowest BCUT2D eigenvalue weighted by Gasteiger charge is -2.11. The monoisotopic (exact) mass is 337 g/mol. The van der Waals surface area contributed by atoms with Gasteiger partial charge in [0.2, 0.25) is 0 Å². The van der Waals surface area contributed by atoms with Crippen LogP contribution in [0.5, 0.6) is 0 Å². The average Bonchev–Trinajstić information content (AvgIpc) is 3.03. The molecule has 1 aromatic carbocycles. The maximum atomic E-state index is 13.5. The molecule has 0 spiro atoms. The van der Waals surface area contributed by atoms with E-state index in [1.165, 1.54) is 25.3 Å². The first-order valence-corrected chi connectivity index (χ1v) is 7.69. The Balaban J connectivity index is 2.36. The van der Waals surface area contributed by atoms with Gasteiger partial charge in [-0.15, -0.1) is 11.3 Å². The van der Waals surface area contributed by atoms with Crippen LogP contribution in [-0.2, 0) is 9.47 Å². The van der Waals surface area contributed by atoms with Gasteiger partial charge in [-0.2, -0.15) is 0 Å². The lowest BCUT2D eigenvalue weighted by atomic mass is 10.0. The third-order valence-corrected chi connectivity index (χ3v) is 4.02. The van der Waals surface area contributed by atoms with Crippen LogP contribution in [0.3, 0.4) is 0 Å². The van der Waals surface area contributed by atoms with Gasteiger partial charge in [-0.25, -0.2) is 9.18 Å². The lowest BCUT2D eigenvalue weighted by molar-refractivity contribution is 0.0603. The number of ketones is 1. The number of nitrogens with one attached hydrogen (secondary N) is 1. The summed E-state index contributed by atoms with van der Waals surface area (Å²) in [6, 6.07) is 5.40. The molecule has 1 aromatic heterocycles. The van der Waals surface area contributed by atoms with Crippen LogP contribution in [0.1, 0.15) is 25.6 Å². The van der Waals surface area contributed by atoms with E-state index in [1.807, 2.05) is 0 Å². The molecule has 1 heterocycles. The fourth-order valence-corrected chi connectivity index (χ4v) is 2.84. The van der Waals surface area contributed by atoms with Crippen molar-refractivity contribution in [3.05, 3.63) is 51.5 Å². The Labute approximate surface area is 137 Å². The zero-order valence-corrected chi connectivity index (χ0v) is 13.5. The summed E-state index contributed by atoms with van der Waals surface area (Å²) >= 11 is 1.13. The van der Waals surface area contributed by atoms with Crippen LogP contribution in [0.4, 0.5) is 10.1 Å². The van der Waals surface area contributed by atoms with Crippen molar-refractivity contribution in [3.8, 4) is 0 Å². The number of methoxy groups -OCH3 is 2. The van der Waals surface area contributed by atoms with Crippen molar-refractivity contribution < 1.29 is 23.5 Å². The number of carbonyl (C=O) groups is 2. The van der Waals surface area contributed by atoms with Gasteiger partial charge in [0.25, 0.3) is 0 Å². The molecule has 0 aliphatic rings. The number of esters is 1. The summed E-state index contributed by atoms with van der Waals surface area (Å²) in [5.41, 5.74) is 0.878. The van der Waals surface area contributed by atoms with Gasteiger partial charge in [-0.05, 0) is 29.6 Å². The van der Waals surface area contributed by atoms with E-state index in [0.29, 0.717) is 18.8 Å². The molecule has 7 heteroatoms. The van der Waals surface area contributed by atoms with Gasteiger partial charge in [0, 0.05) is 30.5 Å². The first kappa shape index (κ1) is 17.1. The minimum Gasteiger partial charge on any atom is -0.465 e.